The van der Waals surface area contributed by atoms with E-state index in [1.807, 2.05) is 12.1 Å². The predicted octanol–water partition coefficient (Wildman–Crippen LogP) is 4.15. The third kappa shape index (κ3) is 4.97. The van der Waals surface area contributed by atoms with Gasteiger partial charge in [0.1, 0.15) is 0 Å². The Morgan fingerprint density at radius 2 is 1.89 bits per heavy atom. The normalized spacial score (nSPS) is 17.4. The van der Waals surface area contributed by atoms with E-state index in [1.165, 1.54) is 12.1 Å². The molecule has 1 aromatic carbocycles. The average molecular weight is 390 g/mol. The maximum atomic E-state index is 12.7. The number of aromatic nitrogens is 1. The number of Topliss-reactive ketones (excluding diaryl/α,β-unsaturated/α-hetero) is 1. The molecule has 0 bridgehead atoms. The molecule has 1 saturated heterocycles. The van der Waals surface area contributed by atoms with Gasteiger partial charge in [0, 0.05) is 43.4 Å². The number of halogens is 3. The largest absolute Gasteiger partial charge is 0.416 e. The van der Waals surface area contributed by atoms with Crippen molar-refractivity contribution in [2.24, 2.45) is 5.92 Å². The van der Waals surface area contributed by atoms with Crippen molar-refractivity contribution < 1.29 is 22.8 Å². The molecule has 1 fully saturated rings. The van der Waals surface area contributed by atoms with E-state index in [9.17, 15) is 22.8 Å². The molecule has 1 aliphatic heterocycles. The highest BCUT2D eigenvalue weighted by molar-refractivity contribution is 5.98. The third-order valence-corrected chi connectivity index (χ3v) is 4.99. The summed E-state index contributed by atoms with van der Waals surface area (Å²) in [5, 5.41) is 0. The van der Waals surface area contributed by atoms with Gasteiger partial charge in [0.25, 0.3) is 0 Å². The number of carbonyl (C=O) groups excluding carboxylic acids is 2. The maximum Gasteiger partial charge on any atom is 0.416 e. The summed E-state index contributed by atoms with van der Waals surface area (Å²) in [7, 11) is 0. The van der Waals surface area contributed by atoms with Gasteiger partial charge in [-0.2, -0.15) is 13.2 Å². The lowest BCUT2D eigenvalue weighted by molar-refractivity contribution is -0.137. The fraction of sp³-hybridized carbons (Fsp3) is 0.381. The zero-order valence-corrected chi connectivity index (χ0v) is 15.3. The molecule has 3 rings (SSSR count). The average Bonchev–Trinajstić information content (AvgIpc) is 2.72. The highest BCUT2D eigenvalue weighted by atomic mass is 19.4. The van der Waals surface area contributed by atoms with Crippen LogP contribution in [-0.4, -0.2) is 34.7 Å². The van der Waals surface area contributed by atoms with Crippen LogP contribution in [0.3, 0.4) is 0 Å². The van der Waals surface area contributed by atoms with Crippen LogP contribution >= 0.6 is 0 Å². The van der Waals surface area contributed by atoms with E-state index < -0.39 is 11.7 Å². The summed E-state index contributed by atoms with van der Waals surface area (Å²) >= 11 is 0. The lowest BCUT2D eigenvalue weighted by Crippen LogP contribution is -2.42. The van der Waals surface area contributed by atoms with E-state index in [1.54, 1.807) is 17.3 Å². The highest BCUT2D eigenvalue weighted by Gasteiger charge is 2.32. The fourth-order valence-electron chi connectivity index (χ4n) is 3.43. The van der Waals surface area contributed by atoms with E-state index in [0.717, 1.165) is 17.7 Å². The number of alkyl halides is 3. The lowest BCUT2D eigenvalue weighted by Gasteiger charge is -2.32. The van der Waals surface area contributed by atoms with Crippen LogP contribution in [-0.2, 0) is 17.4 Å². The molecule has 2 aromatic rings. The summed E-state index contributed by atoms with van der Waals surface area (Å²) in [5.74, 6) is -0.611. The van der Waals surface area contributed by atoms with Gasteiger partial charge < -0.3 is 4.90 Å². The summed E-state index contributed by atoms with van der Waals surface area (Å²) in [6.45, 7) is 0.911. The number of carbonyl (C=O) groups is 2. The molecule has 0 radical (unpaired) electrons. The second-order valence-corrected chi connectivity index (χ2v) is 6.98. The minimum atomic E-state index is -4.43. The fourth-order valence-corrected chi connectivity index (χ4v) is 3.43. The number of amides is 1. The molecule has 0 spiro atoms. The number of ketones is 1. The molecule has 2 heterocycles. The topological polar surface area (TPSA) is 50.3 Å². The molecular formula is C21H21F3N2O2. The number of aryl methyl sites for hydroxylation is 1. The Balaban J connectivity index is 1.59. The van der Waals surface area contributed by atoms with Crippen molar-refractivity contribution in [2.45, 2.75) is 31.9 Å². The summed E-state index contributed by atoms with van der Waals surface area (Å²) < 4.78 is 38.0. The number of likely N-dealkylation sites (tertiary alicyclic amines) is 1. The number of nitrogens with zero attached hydrogens (tertiary/aromatic N) is 2. The second-order valence-electron chi connectivity index (χ2n) is 6.98. The van der Waals surface area contributed by atoms with Crippen molar-refractivity contribution in [2.75, 3.05) is 13.1 Å². The molecule has 148 valence electrons. The molecule has 1 amide bonds. The standard InChI is InChI=1S/C21H21F3N2O2/c22-21(23,24)18-8-6-16(7-9-18)20(28)17-4-2-12-26(14-17)19(27)10-5-15-3-1-11-25-13-15/h1,3,6-9,11,13,17H,2,4-5,10,12,14H2/t17-/m0/s1. The van der Waals surface area contributed by atoms with Gasteiger partial charge in [0.05, 0.1) is 5.56 Å². The van der Waals surface area contributed by atoms with Gasteiger partial charge in [0.2, 0.25) is 5.91 Å². The van der Waals surface area contributed by atoms with Crippen LogP contribution in [0.15, 0.2) is 48.8 Å². The van der Waals surface area contributed by atoms with Crippen molar-refractivity contribution in [3.8, 4) is 0 Å². The molecule has 4 nitrogen and oxygen atoms in total. The number of hydrogen-bond acceptors (Lipinski definition) is 3. The molecule has 1 aliphatic rings. The van der Waals surface area contributed by atoms with Gasteiger partial charge in [-0.05, 0) is 43.0 Å². The van der Waals surface area contributed by atoms with E-state index >= 15 is 0 Å². The van der Waals surface area contributed by atoms with E-state index in [4.69, 9.17) is 0 Å². The van der Waals surface area contributed by atoms with Gasteiger partial charge in [-0.1, -0.05) is 18.2 Å². The Morgan fingerprint density at radius 3 is 2.54 bits per heavy atom. The monoisotopic (exact) mass is 390 g/mol. The molecule has 0 saturated carbocycles. The Labute approximate surface area is 161 Å². The molecule has 1 aromatic heterocycles. The first-order valence-corrected chi connectivity index (χ1v) is 9.23. The van der Waals surface area contributed by atoms with Crippen molar-refractivity contribution in [3.63, 3.8) is 0 Å². The maximum absolute atomic E-state index is 12.7. The molecule has 0 N–H and O–H groups in total. The van der Waals surface area contributed by atoms with E-state index in [2.05, 4.69) is 4.98 Å². The number of pyridine rings is 1. The minimum Gasteiger partial charge on any atom is -0.342 e. The third-order valence-electron chi connectivity index (χ3n) is 4.99. The molecule has 7 heteroatoms. The van der Waals surface area contributed by atoms with Gasteiger partial charge in [-0.3, -0.25) is 14.6 Å². The molecular weight excluding hydrogens is 369 g/mol. The Kier molecular flexibility index (Phi) is 6.11. The number of benzene rings is 1. The van der Waals surface area contributed by atoms with Gasteiger partial charge >= 0.3 is 6.18 Å². The van der Waals surface area contributed by atoms with Crippen LogP contribution in [0.2, 0.25) is 0 Å². The predicted molar refractivity (Wildman–Crippen MR) is 97.6 cm³/mol. The molecule has 0 aliphatic carbocycles. The van der Waals surface area contributed by atoms with Crippen molar-refractivity contribution >= 4 is 11.7 Å². The smallest absolute Gasteiger partial charge is 0.342 e. The number of piperidine rings is 1. The second kappa shape index (κ2) is 8.54. The first-order valence-electron chi connectivity index (χ1n) is 9.23. The Hall–Kier alpha value is -2.70. The summed E-state index contributed by atoms with van der Waals surface area (Å²) in [4.78, 5) is 30.9. The first-order chi connectivity index (χ1) is 13.3. The van der Waals surface area contributed by atoms with Crippen LogP contribution in [0.4, 0.5) is 13.2 Å². The Bertz CT molecular complexity index is 820. The van der Waals surface area contributed by atoms with Gasteiger partial charge in [-0.15, -0.1) is 0 Å². The van der Waals surface area contributed by atoms with Crippen LogP contribution in [0.25, 0.3) is 0 Å². The van der Waals surface area contributed by atoms with Gasteiger partial charge in [-0.25, -0.2) is 0 Å². The van der Waals surface area contributed by atoms with Crippen molar-refractivity contribution in [3.05, 3.63) is 65.5 Å². The SMILES string of the molecule is O=C(c1ccc(C(F)(F)F)cc1)[C@H]1CCCN(C(=O)CCc2cccnc2)C1. The molecule has 1 atom stereocenters. The summed E-state index contributed by atoms with van der Waals surface area (Å²) in [5.41, 5.74) is 0.452. The zero-order valence-electron chi connectivity index (χ0n) is 15.3. The molecule has 28 heavy (non-hydrogen) atoms. The van der Waals surface area contributed by atoms with Crippen molar-refractivity contribution in [1.82, 2.24) is 9.88 Å². The van der Waals surface area contributed by atoms with E-state index in [-0.39, 0.29) is 23.2 Å². The van der Waals surface area contributed by atoms with Gasteiger partial charge in [0.15, 0.2) is 5.78 Å². The zero-order chi connectivity index (χ0) is 20.1. The lowest BCUT2D eigenvalue weighted by atomic mass is 9.89. The molecule has 0 unspecified atom stereocenters. The van der Waals surface area contributed by atoms with E-state index in [0.29, 0.717) is 38.8 Å². The van der Waals surface area contributed by atoms with Crippen LogP contribution < -0.4 is 0 Å². The van der Waals surface area contributed by atoms with Crippen molar-refractivity contribution in [1.29, 1.82) is 0 Å². The summed E-state index contributed by atoms with van der Waals surface area (Å²) in [6.07, 6.45) is 1.23. The minimum absolute atomic E-state index is 0.0197. The van der Waals surface area contributed by atoms with Crippen LogP contribution in [0, 0.1) is 5.92 Å². The van der Waals surface area contributed by atoms with Crippen LogP contribution in [0.5, 0.6) is 0 Å². The number of hydrogen-bond donors (Lipinski definition) is 0. The first kappa shape index (κ1) is 20.0. The Morgan fingerprint density at radius 1 is 1.14 bits per heavy atom. The summed E-state index contributed by atoms with van der Waals surface area (Å²) in [6, 6.07) is 8.01. The highest BCUT2D eigenvalue weighted by Crippen LogP contribution is 2.30. The van der Waals surface area contributed by atoms with Crippen LogP contribution in [0.1, 0.15) is 40.7 Å². The quantitative estimate of drug-likeness (QED) is 0.721. The number of rotatable bonds is 5.